The van der Waals surface area contributed by atoms with Gasteiger partial charge in [-0.05, 0) is 43.0 Å². The molecule has 10 heteroatoms. The van der Waals surface area contributed by atoms with E-state index in [-0.39, 0.29) is 11.6 Å². The number of nitrogens with zero attached hydrogens (tertiary/aromatic N) is 4. The minimum Gasteiger partial charge on any atom is -0.298 e. The summed E-state index contributed by atoms with van der Waals surface area (Å²) in [5.74, 6) is -0.240. The molecule has 0 spiro atoms. The van der Waals surface area contributed by atoms with Gasteiger partial charge in [0.1, 0.15) is 11.4 Å². The SMILES string of the molecule is Cc1nn(Cc2ccc(C(=O)Nc3nc(-c4cccs4)cs3)cc2)c(C)c1[N+](=O)[O-]. The molecule has 0 aliphatic rings. The van der Waals surface area contributed by atoms with E-state index in [1.54, 1.807) is 42.0 Å². The van der Waals surface area contributed by atoms with Crippen LogP contribution >= 0.6 is 22.7 Å². The van der Waals surface area contributed by atoms with Crippen LogP contribution < -0.4 is 5.32 Å². The van der Waals surface area contributed by atoms with Gasteiger partial charge in [-0.2, -0.15) is 5.10 Å². The van der Waals surface area contributed by atoms with Gasteiger partial charge in [-0.25, -0.2) is 4.98 Å². The van der Waals surface area contributed by atoms with Crippen molar-refractivity contribution in [2.24, 2.45) is 0 Å². The van der Waals surface area contributed by atoms with Crippen LogP contribution in [0.4, 0.5) is 10.8 Å². The highest BCUT2D eigenvalue weighted by Gasteiger charge is 2.21. The fraction of sp³-hybridized carbons (Fsp3) is 0.150. The van der Waals surface area contributed by atoms with E-state index in [9.17, 15) is 14.9 Å². The second kappa shape index (κ2) is 8.17. The molecule has 0 bridgehead atoms. The smallest absolute Gasteiger partial charge is 0.298 e. The molecule has 0 aliphatic carbocycles. The summed E-state index contributed by atoms with van der Waals surface area (Å²) in [4.78, 5) is 28.8. The lowest BCUT2D eigenvalue weighted by molar-refractivity contribution is -0.386. The van der Waals surface area contributed by atoms with Crippen molar-refractivity contribution in [3.63, 3.8) is 0 Å². The summed E-state index contributed by atoms with van der Waals surface area (Å²) in [5.41, 5.74) is 3.17. The summed E-state index contributed by atoms with van der Waals surface area (Å²) in [6.45, 7) is 3.69. The summed E-state index contributed by atoms with van der Waals surface area (Å²) in [5, 5.41) is 22.7. The zero-order valence-corrected chi connectivity index (χ0v) is 17.8. The Morgan fingerprint density at radius 1 is 1.20 bits per heavy atom. The van der Waals surface area contributed by atoms with Crippen molar-refractivity contribution in [1.82, 2.24) is 14.8 Å². The Kier molecular flexibility index (Phi) is 5.42. The van der Waals surface area contributed by atoms with Crippen LogP contribution in [0.2, 0.25) is 0 Å². The Morgan fingerprint density at radius 3 is 2.60 bits per heavy atom. The Bertz CT molecular complexity index is 1210. The highest BCUT2D eigenvalue weighted by molar-refractivity contribution is 7.16. The zero-order valence-electron chi connectivity index (χ0n) is 16.2. The number of amides is 1. The first-order valence-corrected chi connectivity index (χ1v) is 10.8. The van der Waals surface area contributed by atoms with Crippen LogP contribution in [0.1, 0.15) is 27.3 Å². The first kappa shape index (κ1) is 19.9. The van der Waals surface area contributed by atoms with Crippen molar-refractivity contribution < 1.29 is 9.72 Å². The third-order valence-corrected chi connectivity index (χ3v) is 6.22. The third-order valence-electron chi connectivity index (χ3n) is 4.57. The maximum Gasteiger partial charge on any atom is 0.312 e. The second-order valence-corrected chi connectivity index (χ2v) is 8.41. The maximum atomic E-state index is 12.5. The van der Waals surface area contributed by atoms with Crippen molar-refractivity contribution in [1.29, 1.82) is 0 Å². The number of hydrogen-bond acceptors (Lipinski definition) is 7. The lowest BCUT2D eigenvalue weighted by atomic mass is 10.1. The van der Waals surface area contributed by atoms with Crippen molar-refractivity contribution in [2.75, 3.05) is 5.32 Å². The predicted octanol–water partition coefficient (Wildman–Crippen LogP) is 4.89. The van der Waals surface area contributed by atoms with Gasteiger partial charge >= 0.3 is 5.69 Å². The lowest BCUT2D eigenvalue weighted by Crippen LogP contribution is -2.12. The summed E-state index contributed by atoms with van der Waals surface area (Å²) in [6, 6.07) is 11.0. The number of thiophene rings is 1. The average Bonchev–Trinajstić information content (AvgIpc) is 3.44. The largest absolute Gasteiger partial charge is 0.312 e. The predicted molar refractivity (Wildman–Crippen MR) is 117 cm³/mol. The number of thiazole rings is 1. The molecular weight excluding hydrogens is 422 g/mol. The van der Waals surface area contributed by atoms with E-state index in [0.29, 0.717) is 28.6 Å². The average molecular weight is 440 g/mol. The minimum atomic E-state index is -0.413. The second-order valence-electron chi connectivity index (χ2n) is 6.60. The highest BCUT2D eigenvalue weighted by Crippen LogP contribution is 2.28. The normalized spacial score (nSPS) is 10.9. The Balaban J connectivity index is 1.44. The van der Waals surface area contributed by atoms with Crippen LogP contribution in [-0.2, 0) is 6.54 Å². The molecule has 30 heavy (non-hydrogen) atoms. The van der Waals surface area contributed by atoms with Crippen molar-refractivity contribution in [2.45, 2.75) is 20.4 Å². The van der Waals surface area contributed by atoms with Gasteiger partial charge in [0.25, 0.3) is 5.91 Å². The highest BCUT2D eigenvalue weighted by atomic mass is 32.1. The van der Waals surface area contributed by atoms with Gasteiger partial charge in [0.05, 0.1) is 22.0 Å². The number of aryl methyl sites for hydroxylation is 1. The lowest BCUT2D eigenvalue weighted by Gasteiger charge is -2.06. The quantitative estimate of drug-likeness (QED) is 0.340. The molecule has 1 N–H and O–H groups in total. The molecule has 0 saturated carbocycles. The van der Waals surface area contributed by atoms with E-state index in [1.807, 2.05) is 35.0 Å². The topological polar surface area (TPSA) is 103 Å². The van der Waals surface area contributed by atoms with Crippen LogP contribution in [-0.4, -0.2) is 25.6 Å². The molecule has 1 aromatic carbocycles. The van der Waals surface area contributed by atoms with Gasteiger partial charge in [0, 0.05) is 10.9 Å². The fourth-order valence-electron chi connectivity index (χ4n) is 3.08. The summed E-state index contributed by atoms with van der Waals surface area (Å²) < 4.78 is 1.60. The van der Waals surface area contributed by atoms with Crippen LogP contribution in [0, 0.1) is 24.0 Å². The van der Waals surface area contributed by atoms with Crippen molar-refractivity contribution in [3.05, 3.63) is 79.8 Å². The number of nitro groups is 1. The molecule has 0 radical (unpaired) electrons. The van der Waals surface area contributed by atoms with Gasteiger partial charge in [0.2, 0.25) is 0 Å². The van der Waals surface area contributed by atoms with Crippen LogP contribution in [0.25, 0.3) is 10.6 Å². The van der Waals surface area contributed by atoms with E-state index in [2.05, 4.69) is 15.4 Å². The molecule has 3 aromatic heterocycles. The first-order valence-electron chi connectivity index (χ1n) is 9.00. The number of hydrogen-bond donors (Lipinski definition) is 1. The summed E-state index contributed by atoms with van der Waals surface area (Å²) in [6.07, 6.45) is 0. The number of carbonyl (C=O) groups is 1. The van der Waals surface area contributed by atoms with E-state index < -0.39 is 4.92 Å². The van der Waals surface area contributed by atoms with E-state index in [0.717, 1.165) is 16.1 Å². The molecule has 0 unspecified atom stereocenters. The molecule has 0 saturated heterocycles. The van der Waals surface area contributed by atoms with E-state index >= 15 is 0 Å². The zero-order chi connectivity index (χ0) is 21.3. The number of carbonyl (C=O) groups excluding carboxylic acids is 1. The monoisotopic (exact) mass is 439 g/mol. The standard InChI is InChI=1S/C20H17N5O3S2/c1-12-18(25(27)28)13(2)24(23-12)10-14-5-7-15(8-6-14)19(26)22-20-21-16(11-30-20)17-4-3-9-29-17/h3-9,11H,10H2,1-2H3,(H,21,22,26). The summed E-state index contributed by atoms with van der Waals surface area (Å²) in [7, 11) is 0. The molecule has 4 rings (SSSR count). The number of anilines is 1. The molecule has 8 nitrogen and oxygen atoms in total. The molecule has 0 atom stereocenters. The van der Waals surface area contributed by atoms with Gasteiger partial charge in [-0.15, -0.1) is 22.7 Å². The fourth-order valence-corrected chi connectivity index (χ4v) is 4.54. The number of rotatable bonds is 6. The number of aromatic nitrogens is 3. The van der Waals surface area contributed by atoms with Crippen molar-refractivity contribution in [3.8, 4) is 10.6 Å². The van der Waals surface area contributed by atoms with Crippen LogP contribution in [0.15, 0.2) is 47.2 Å². The molecule has 0 fully saturated rings. The molecule has 3 heterocycles. The minimum absolute atomic E-state index is 0.0383. The maximum absolute atomic E-state index is 12.5. The Hall–Kier alpha value is -3.37. The molecule has 0 aliphatic heterocycles. The van der Waals surface area contributed by atoms with E-state index in [4.69, 9.17) is 0 Å². The van der Waals surface area contributed by atoms with Crippen LogP contribution in [0.5, 0.6) is 0 Å². The number of nitrogens with one attached hydrogen (secondary N) is 1. The summed E-state index contributed by atoms with van der Waals surface area (Å²) >= 11 is 2.98. The third kappa shape index (κ3) is 4.00. The van der Waals surface area contributed by atoms with Crippen LogP contribution in [0.3, 0.4) is 0 Å². The van der Waals surface area contributed by atoms with Crippen molar-refractivity contribution >= 4 is 39.4 Å². The van der Waals surface area contributed by atoms with Gasteiger partial charge in [-0.3, -0.25) is 24.9 Å². The Morgan fingerprint density at radius 2 is 1.97 bits per heavy atom. The Labute approximate surface area is 180 Å². The first-order chi connectivity index (χ1) is 14.4. The molecule has 4 aromatic rings. The molecule has 1 amide bonds. The molecular formula is C20H17N5O3S2. The van der Waals surface area contributed by atoms with E-state index in [1.165, 1.54) is 11.3 Å². The van der Waals surface area contributed by atoms with Gasteiger partial charge in [-0.1, -0.05) is 18.2 Å². The van der Waals surface area contributed by atoms with Gasteiger partial charge < -0.3 is 0 Å². The van der Waals surface area contributed by atoms with Gasteiger partial charge in [0.15, 0.2) is 5.13 Å². The molecule has 152 valence electrons. The number of benzene rings is 1.